The summed E-state index contributed by atoms with van der Waals surface area (Å²) < 4.78 is 10.0. The van der Waals surface area contributed by atoms with Crippen molar-refractivity contribution in [2.24, 2.45) is 0 Å². The monoisotopic (exact) mass is 220 g/mol. The van der Waals surface area contributed by atoms with E-state index in [4.69, 9.17) is 14.6 Å². The summed E-state index contributed by atoms with van der Waals surface area (Å²) in [6.07, 6.45) is 0. The van der Waals surface area contributed by atoms with Crippen molar-refractivity contribution in [3.05, 3.63) is 0 Å². The van der Waals surface area contributed by atoms with Crippen LogP contribution in [0.2, 0.25) is 0 Å². The molecule has 1 aliphatic heterocycles. The third kappa shape index (κ3) is 9.61. The number of carboxylic acid groups (broad SMARTS) is 1. The molecule has 0 saturated carbocycles. The van der Waals surface area contributed by atoms with Gasteiger partial charge in [-0.05, 0) is 14.1 Å². The molecular weight excluding hydrogens is 200 g/mol. The third-order valence-electron chi connectivity index (χ3n) is 1.54. The van der Waals surface area contributed by atoms with Crippen LogP contribution in [0.25, 0.3) is 0 Å². The SMILES string of the molecule is CNC.O=C(O)COCC1COCCN1. The molecule has 90 valence electrons. The Balaban J connectivity index is 0.000000583. The zero-order chi connectivity index (χ0) is 11.5. The fourth-order valence-corrected chi connectivity index (χ4v) is 1.02. The van der Waals surface area contributed by atoms with E-state index in [9.17, 15) is 4.79 Å². The smallest absolute Gasteiger partial charge is 0.329 e. The van der Waals surface area contributed by atoms with Crippen LogP contribution in [0.3, 0.4) is 0 Å². The van der Waals surface area contributed by atoms with Crippen LogP contribution >= 0.6 is 0 Å². The van der Waals surface area contributed by atoms with Crippen LogP contribution < -0.4 is 10.6 Å². The van der Waals surface area contributed by atoms with Gasteiger partial charge < -0.3 is 25.2 Å². The lowest BCUT2D eigenvalue weighted by Crippen LogP contribution is -2.44. The summed E-state index contributed by atoms with van der Waals surface area (Å²) >= 11 is 0. The summed E-state index contributed by atoms with van der Waals surface area (Å²) in [5, 5.41) is 14.2. The Morgan fingerprint density at radius 2 is 2.33 bits per heavy atom. The van der Waals surface area contributed by atoms with Crippen molar-refractivity contribution in [2.45, 2.75) is 6.04 Å². The molecule has 0 amide bonds. The number of hydrogen-bond donors (Lipinski definition) is 3. The molecule has 1 heterocycles. The van der Waals surface area contributed by atoms with Gasteiger partial charge in [0, 0.05) is 6.54 Å². The van der Waals surface area contributed by atoms with Crippen molar-refractivity contribution >= 4 is 5.97 Å². The fourth-order valence-electron chi connectivity index (χ4n) is 1.02. The van der Waals surface area contributed by atoms with E-state index in [2.05, 4.69) is 10.6 Å². The van der Waals surface area contributed by atoms with E-state index in [1.165, 1.54) is 0 Å². The molecule has 1 aliphatic rings. The second-order valence-corrected chi connectivity index (χ2v) is 3.13. The third-order valence-corrected chi connectivity index (χ3v) is 1.54. The van der Waals surface area contributed by atoms with Gasteiger partial charge in [0.2, 0.25) is 0 Å². The van der Waals surface area contributed by atoms with Gasteiger partial charge in [0.15, 0.2) is 0 Å². The second-order valence-electron chi connectivity index (χ2n) is 3.13. The molecule has 0 aliphatic carbocycles. The van der Waals surface area contributed by atoms with Crippen LogP contribution in [0.4, 0.5) is 0 Å². The number of nitrogens with one attached hydrogen (secondary N) is 2. The number of hydrogen-bond acceptors (Lipinski definition) is 5. The largest absolute Gasteiger partial charge is 0.480 e. The van der Waals surface area contributed by atoms with Crippen molar-refractivity contribution in [1.82, 2.24) is 10.6 Å². The zero-order valence-corrected chi connectivity index (χ0v) is 9.28. The first-order valence-corrected chi connectivity index (χ1v) is 4.89. The van der Waals surface area contributed by atoms with Crippen molar-refractivity contribution < 1.29 is 19.4 Å². The summed E-state index contributed by atoms with van der Waals surface area (Å²) in [6, 6.07) is 0.137. The topological polar surface area (TPSA) is 79.8 Å². The predicted molar refractivity (Wildman–Crippen MR) is 56.0 cm³/mol. The first-order valence-electron chi connectivity index (χ1n) is 4.89. The highest BCUT2D eigenvalue weighted by atomic mass is 16.5. The summed E-state index contributed by atoms with van der Waals surface area (Å²) in [5.74, 6) is -0.938. The Hall–Kier alpha value is -0.690. The first-order chi connectivity index (χ1) is 7.20. The highest BCUT2D eigenvalue weighted by molar-refractivity contribution is 5.67. The minimum absolute atomic E-state index is 0.137. The lowest BCUT2D eigenvalue weighted by atomic mass is 10.3. The quantitative estimate of drug-likeness (QED) is 0.559. The number of morpholine rings is 1. The predicted octanol–water partition coefficient (Wildman–Crippen LogP) is -1.09. The molecule has 1 unspecified atom stereocenters. The van der Waals surface area contributed by atoms with Gasteiger partial charge in [-0.15, -0.1) is 0 Å². The Bertz CT molecular complexity index is 160. The molecule has 6 heteroatoms. The van der Waals surface area contributed by atoms with E-state index in [0.29, 0.717) is 13.2 Å². The number of carbonyl (C=O) groups is 1. The van der Waals surface area contributed by atoms with Crippen LogP contribution in [0, 0.1) is 0 Å². The Morgan fingerprint density at radius 1 is 1.67 bits per heavy atom. The Morgan fingerprint density at radius 3 is 2.80 bits per heavy atom. The van der Waals surface area contributed by atoms with Gasteiger partial charge in [-0.3, -0.25) is 0 Å². The van der Waals surface area contributed by atoms with Crippen LogP contribution in [0.5, 0.6) is 0 Å². The lowest BCUT2D eigenvalue weighted by Gasteiger charge is -2.23. The molecule has 0 aromatic heterocycles. The fraction of sp³-hybridized carbons (Fsp3) is 0.889. The molecule has 0 aromatic rings. The molecule has 0 spiro atoms. The van der Waals surface area contributed by atoms with Crippen LogP contribution in [0.15, 0.2) is 0 Å². The normalized spacial score (nSPS) is 20.3. The Labute approximate surface area is 89.9 Å². The standard InChI is InChI=1S/C7H13NO4.C2H7N/c9-7(10)5-12-4-6-3-11-2-1-8-6;1-3-2/h6,8H,1-5H2,(H,9,10);3H,1-2H3. The molecule has 1 rings (SSSR count). The molecule has 6 nitrogen and oxygen atoms in total. The van der Waals surface area contributed by atoms with E-state index in [0.717, 1.165) is 13.2 Å². The number of ether oxygens (including phenoxy) is 2. The molecule has 0 aromatic carbocycles. The van der Waals surface area contributed by atoms with E-state index >= 15 is 0 Å². The van der Waals surface area contributed by atoms with Gasteiger partial charge in [0.1, 0.15) is 6.61 Å². The van der Waals surface area contributed by atoms with E-state index in [-0.39, 0.29) is 12.6 Å². The summed E-state index contributed by atoms with van der Waals surface area (Å²) in [4.78, 5) is 10.1. The zero-order valence-electron chi connectivity index (χ0n) is 9.28. The lowest BCUT2D eigenvalue weighted by molar-refractivity contribution is -0.142. The number of rotatable bonds is 4. The van der Waals surface area contributed by atoms with Gasteiger partial charge >= 0.3 is 5.97 Å². The van der Waals surface area contributed by atoms with Crippen LogP contribution in [0.1, 0.15) is 0 Å². The van der Waals surface area contributed by atoms with Gasteiger partial charge in [0.05, 0.1) is 25.9 Å². The van der Waals surface area contributed by atoms with Crippen molar-refractivity contribution in [2.75, 3.05) is 47.1 Å². The van der Waals surface area contributed by atoms with E-state index < -0.39 is 5.97 Å². The first kappa shape index (κ1) is 14.3. The average Bonchev–Trinajstić information content (AvgIpc) is 2.20. The van der Waals surface area contributed by atoms with Gasteiger partial charge in [0.25, 0.3) is 0 Å². The van der Waals surface area contributed by atoms with Gasteiger partial charge in [-0.2, -0.15) is 0 Å². The maximum Gasteiger partial charge on any atom is 0.329 e. The molecule has 1 saturated heterocycles. The molecule has 15 heavy (non-hydrogen) atoms. The summed E-state index contributed by atoms with van der Waals surface area (Å²) in [5.41, 5.74) is 0. The highest BCUT2D eigenvalue weighted by Gasteiger charge is 2.12. The molecule has 0 bridgehead atoms. The van der Waals surface area contributed by atoms with Crippen molar-refractivity contribution in [3.8, 4) is 0 Å². The van der Waals surface area contributed by atoms with Gasteiger partial charge in [-0.25, -0.2) is 4.79 Å². The Kier molecular flexibility index (Phi) is 9.40. The average molecular weight is 220 g/mol. The van der Waals surface area contributed by atoms with Crippen molar-refractivity contribution in [3.63, 3.8) is 0 Å². The van der Waals surface area contributed by atoms with Crippen LogP contribution in [-0.4, -0.2) is 64.2 Å². The van der Waals surface area contributed by atoms with Gasteiger partial charge in [-0.1, -0.05) is 0 Å². The molecule has 3 N–H and O–H groups in total. The highest BCUT2D eigenvalue weighted by Crippen LogP contribution is 1.93. The van der Waals surface area contributed by atoms with E-state index in [1.54, 1.807) is 0 Å². The molecule has 1 fully saturated rings. The molecule has 1 atom stereocenters. The minimum atomic E-state index is -0.938. The van der Waals surface area contributed by atoms with Crippen molar-refractivity contribution in [1.29, 1.82) is 0 Å². The molecule has 0 radical (unpaired) electrons. The maximum absolute atomic E-state index is 10.1. The minimum Gasteiger partial charge on any atom is -0.480 e. The maximum atomic E-state index is 10.1. The number of aliphatic carboxylic acids is 1. The van der Waals surface area contributed by atoms with Crippen LogP contribution in [-0.2, 0) is 14.3 Å². The van der Waals surface area contributed by atoms with E-state index in [1.807, 2.05) is 14.1 Å². The number of carboxylic acids is 1. The molecular formula is C9H20N2O4. The summed E-state index contributed by atoms with van der Waals surface area (Å²) in [6.45, 7) is 2.28. The second kappa shape index (κ2) is 9.85. The summed E-state index contributed by atoms with van der Waals surface area (Å²) in [7, 11) is 3.75.